The molecule has 0 fully saturated rings. The second-order valence-electron chi connectivity index (χ2n) is 1.86. The van der Waals surface area contributed by atoms with Crippen molar-refractivity contribution in [2.75, 3.05) is 0 Å². The second kappa shape index (κ2) is 4.45. The Morgan fingerprint density at radius 1 is 1.75 bits per heavy atom. The van der Waals surface area contributed by atoms with Crippen molar-refractivity contribution < 1.29 is 9.72 Å². The van der Waals surface area contributed by atoms with Crippen LogP contribution in [0.4, 0.5) is 5.69 Å². The lowest BCUT2D eigenvalue weighted by Gasteiger charge is -1.86. The van der Waals surface area contributed by atoms with E-state index in [1.807, 2.05) is 0 Å². The Kier molecular flexibility index (Phi) is 3.92. The van der Waals surface area contributed by atoms with Gasteiger partial charge in [0.05, 0.1) is 11.3 Å². The number of halogens is 1. The van der Waals surface area contributed by atoms with Crippen molar-refractivity contribution in [1.82, 2.24) is 10.2 Å². The maximum Gasteiger partial charge on any atom is 0.310 e. The van der Waals surface area contributed by atoms with Gasteiger partial charge in [0.1, 0.15) is 18.2 Å². The van der Waals surface area contributed by atoms with Gasteiger partial charge in [-0.3, -0.25) is 15.2 Å². The molecule has 0 aromatic carbocycles. The summed E-state index contributed by atoms with van der Waals surface area (Å²) in [6.07, 6.45) is 1.66. The number of rotatable bonds is 3. The van der Waals surface area contributed by atoms with Gasteiger partial charge in [-0.05, 0) is 0 Å². The van der Waals surface area contributed by atoms with E-state index in [-0.39, 0.29) is 30.2 Å². The van der Waals surface area contributed by atoms with E-state index in [9.17, 15) is 14.9 Å². The maximum atomic E-state index is 10.2. The minimum absolute atomic E-state index is 0. The smallest absolute Gasteiger partial charge is 0.303 e. The molecule has 0 saturated heterocycles. The molecular formula is C5H6ClN3O3. The summed E-state index contributed by atoms with van der Waals surface area (Å²) in [5, 5.41) is 16.0. The number of carbonyl (C=O) groups is 1. The van der Waals surface area contributed by atoms with Crippen LogP contribution < -0.4 is 0 Å². The molecule has 0 spiro atoms. The molecule has 0 bridgehead atoms. The van der Waals surface area contributed by atoms with Gasteiger partial charge in [0.2, 0.25) is 0 Å². The van der Waals surface area contributed by atoms with Gasteiger partial charge in [-0.1, -0.05) is 0 Å². The molecule has 0 aliphatic rings. The zero-order valence-corrected chi connectivity index (χ0v) is 6.71. The Balaban J connectivity index is 0.00000121. The van der Waals surface area contributed by atoms with E-state index >= 15 is 0 Å². The zero-order valence-electron chi connectivity index (χ0n) is 5.89. The summed E-state index contributed by atoms with van der Waals surface area (Å²) in [4.78, 5) is 19.6. The van der Waals surface area contributed by atoms with E-state index in [4.69, 9.17) is 0 Å². The minimum Gasteiger partial charge on any atom is -0.303 e. The topological polar surface area (TPSA) is 88.9 Å². The number of hydrogen-bond donors (Lipinski definition) is 1. The van der Waals surface area contributed by atoms with Gasteiger partial charge in [0.25, 0.3) is 0 Å². The zero-order chi connectivity index (χ0) is 8.27. The largest absolute Gasteiger partial charge is 0.310 e. The molecule has 0 unspecified atom stereocenters. The first-order valence-electron chi connectivity index (χ1n) is 2.86. The van der Waals surface area contributed by atoms with Crippen molar-refractivity contribution >= 4 is 24.4 Å². The van der Waals surface area contributed by atoms with Crippen LogP contribution in [0.15, 0.2) is 6.20 Å². The normalized spacial score (nSPS) is 8.67. The highest BCUT2D eigenvalue weighted by molar-refractivity contribution is 5.85. The average molecular weight is 192 g/mol. The monoisotopic (exact) mass is 191 g/mol. The first kappa shape index (κ1) is 10.6. The van der Waals surface area contributed by atoms with Gasteiger partial charge in [-0.15, -0.1) is 12.4 Å². The lowest BCUT2D eigenvalue weighted by atomic mass is 10.3. The van der Waals surface area contributed by atoms with Gasteiger partial charge in [0.15, 0.2) is 0 Å². The molecular weight excluding hydrogens is 186 g/mol. The molecule has 66 valence electrons. The Bertz CT molecular complexity index is 285. The molecule has 0 radical (unpaired) electrons. The van der Waals surface area contributed by atoms with Gasteiger partial charge in [0, 0.05) is 0 Å². The van der Waals surface area contributed by atoms with E-state index in [0.29, 0.717) is 6.29 Å². The summed E-state index contributed by atoms with van der Waals surface area (Å²) in [6, 6.07) is 0. The maximum absolute atomic E-state index is 10.2. The molecule has 0 aliphatic carbocycles. The van der Waals surface area contributed by atoms with E-state index < -0.39 is 4.92 Å². The molecule has 12 heavy (non-hydrogen) atoms. The van der Waals surface area contributed by atoms with Crippen LogP contribution in [0.3, 0.4) is 0 Å². The average Bonchev–Trinajstić information content (AvgIpc) is 2.36. The van der Waals surface area contributed by atoms with Crippen LogP contribution in [0.1, 0.15) is 5.69 Å². The third-order valence-electron chi connectivity index (χ3n) is 1.18. The minimum atomic E-state index is -0.581. The summed E-state index contributed by atoms with van der Waals surface area (Å²) in [7, 11) is 0. The van der Waals surface area contributed by atoms with E-state index in [2.05, 4.69) is 10.2 Å². The molecule has 1 heterocycles. The fourth-order valence-electron chi connectivity index (χ4n) is 0.697. The highest BCUT2D eigenvalue weighted by Gasteiger charge is 2.14. The number of H-pyrrole nitrogens is 1. The van der Waals surface area contributed by atoms with Crippen LogP contribution in [0, 0.1) is 10.1 Å². The molecule has 7 heteroatoms. The first-order valence-corrected chi connectivity index (χ1v) is 2.86. The first-order chi connectivity index (χ1) is 5.25. The predicted octanol–water partition coefficient (Wildman–Crippen LogP) is 0.481. The van der Waals surface area contributed by atoms with Crippen LogP contribution in [0.5, 0.6) is 0 Å². The number of aromatic nitrogens is 2. The van der Waals surface area contributed by atoms with Gasteiger partial charge in [-0.2, -0.15) is 5.10 Å². The fourth-order valence-corrected chi connectivity index (χ4v) is 0.697. The van der Waals surface area contributed by atoms with Crippen molar-refractivity contribution in [2.45, 2.75) is 6.42 Å². The number of nitrogens with one attached hydrogen (secondary N) is 1. The van der Waals surface area contributed by atoms with Crippen molar-refractivity contribution in [3.63, 3.8) is 0 Å². The Morgan fingerprint density at radius 3 is 2.92 bits per heavy atom. The van der Waals surface area contributed by atoms with Crippen molar-refractivity contribution in [3.05, 3.63) is 22.0 Å². The number of nitro groups is 1. The summed E-state index contributed by atoms with van der Waals surface area (Å²) in [6.45, 7) is 0. The third kappa shape index (κ3) is 2.03. The molecule has 1 rings (SSSR count). The van der Waals surface area contributed by atoms with Gasteiger partial charge < -0.3 is 4.79 Å². The van der Waals surface area contributed by atoms with Crippen molar-refractivity contribution in [1.29, 1.82) is 0 Å². The number of carbonyl (C=O) groups excluding carboxylic acids is 1. The van der Waals surface area contributed by atoms with Crippen LogP contribution in [-0.4, -0.2) is 21.4 Å². The number of aromatic amines is 1. The predicted molar refractivity (Wildman–Crippen MR) is 42.3 cm³/mol. The number of nitrogens with zero attached hydrogens (tertiary/aromatic N) is 2. The van der Waals surface area contributed by atoms with Crippen molar-refractivity contribution in [3.8, 4) is 0 Å². The van der Waals surface area contributed by atoms with E-state index in [0.717, 1.165) is 6.20 Å². The molecule has 6 nitrogen and oxygen atoms in total. The summed E-state index contributed by atoms with van der Waals surface area (Å²) < 4.78 is 0. The molecule has 0 saturated carbocycles. The van der Waals surface area contributed by atoms with Gasteiger partial charge >= 0.3 is 5.69 Å². The molecule has 0 aliphatic heterocycles. The number of aldehydes is 1. The van der Waals surface area contributed by atoms with Crippen LogP contribution >= 0.6 is 12.4 Å². The molecule has 1 N–H and O–H groups in total. The second-order valence-corrected chi connectivity index (χ2v) is 1.86. The van der Waals surface area contributed by atoms with Gasteiger partial charge in [-0.25, -0.2) is 0 Å². The summed E-state index contributed by atoms with van der Waals surface area (Å²) in [5.41, 5.74) is 0.0992. The standard InChI is InChI=1S/C5H5N3O3.ClH/c9-2-1-4-5(8(10)11)3-6-7-4;/h2-3H,1H2,(H,6,7);1H. The molecule has 0 amide bonds. The fraction of sp³-hybridized carbons (Fsp3) is 0.200. The van der Waals surface area contributed by atoms with Crippen LogP contribution in [0.2, 0.25) is 0 Å². The lowest BCUT2D eigenvalue weighted by molar-refractivity contribution is -0.385. The quantitative estimate of drug-likeness (QED) is 0.428. The lowest BCUT2D eigenvalue weighted by Crippen LogP contribution is -1.93. The Morgan fingerprint density at radius 2 is 2.42 bits per heavy atom. The van der Waals surface area contributed by atoms with Crippen LogP contribution in [0.25, 0.3) is 0 Å². The van der Waals surface area contributed by atoms with E-state index in [1.165, 1.54) is 0 Å². The summed E-state index contributed by atoms with van der Waals surface area (Å²) >= 11 is 0. The SMILES string of the molecule is Cl.O=CCc1[nH]ncc1[N+](=O)[O-]. The number of hydrogen-bond acceptors (Lipinski definition) is 4. The third-order valence-corrected chi connectivity index (χ3v) is 1.18. The van der Waals surface area contributed by atoms with Crippen molar-refractivity contribution in [2.24, 2.45) is 0 Å². The van der Waals surface area contributed by atoms with Crippen LogP contribution in [-0.2, 0) is 11.2 Å². The highest BCUT2D eigenvalue weighted by atomic mass is 35.5. The molecule has 0 atom stereocenters. The Labute approximate surface area is 73.5 Å². The highest BCUT2D eigenvalue weighted by Crippen LogP contribution is 2.13. The Hall–Kier alpha value is -1.43. The summed E-state index contributed by atoms with van der Waals surface area (Å²) in [5.74, 6) is 0. The van der Waals surface area contributed by atoms with E-state index in [1.54, 1.807) is 0 Å². The molecule has 1 aromatic heterocycles. The molecule has 1 aromatic rings.